The maximum atomic E-state index is 13.8. The summed E-state index contributed by atoms with van der Waals surface area (Å²) in [4.78, 5) is 0. The van der Waals surface area contributed by atoms with Crippen LogP contribution in [0.2, 0.25) is 0 Å². The van der Waals surface area contributed by atoms with Crippen LogP contribution >= 0.6 is 0 Å². The van der Waals surface area contributed by atoms with E-state index in [9.17, 15) is 17.2 Å². The third-order valence-electron chi connectivity index (χ3n) is 4.28. The Labute approximate surface area is 139 Å². The van der Waals surface area contributed by atoms with E-state index in [1.165, 1.54) is 12.1 Å². The molecule has 2 atom stereocenters. The second-order valence-electron chi connectivity index (χ2n) is 6.15. The number of hydrogen-bond donors (Lipinski definition) is 1. The van der Waals surface area contributed by atoms with E-state index in [4.69, 9.17) is 0 Å². The van der Waals surface area contributed by atoms with Gasteiger partial charge in [0, 0.05) is 36.0 Å². The Morgan fingerprint density at radius 2 is 2.21 bits per heavy atom. The molecule has 1 N–H and O–H groups in total. The fraction of sp³-hybridized carbons (Fsp3) is 0.438. The standard InChI is InChI=1S/C16H19F2N3O2S/c1-11(15-3-2-13(17)6-16(15)18)19-7-12-8-20-21(9-12)14-4-5-24(22,23)10-14/h2-3,6,8-9,11,14,19H,4-5,7,10H2,1H3/t11-,14-/m1/s1. The van der Waals surface area contributed by atoms with E-state index in [2.05, 4.69) is 10.4 Å². The van der Waals surface area contributed by atoms with Gasteiger partial charge in [-0.2, -0.15) is 5.10 Å². The second kappa shape index (κ2) is 6.60. The third-order valence-corrected chi connectivity index (χ3v) is 6.03. The molecule has 0 spiro atoms. The molecule has 1 fully saturated rings. The van der Waals surface area contributed by atoms with Crippen molar-refractivity contribution in [1.82, 2.24) is 15.1 Å². The highest BCUT2D eigenvalue weighted by atomic mass is 32.2. The van der Waals surface area contributed by atoms with Crippen LogP contribution in [0.3, 0.4) is 0 Å². The summed E-state index contributed by atoms with van der Waals surface area (Å²) < 4.78 is 51.5. The maximum absolute atomic E-state index is 13.8. The Kier molecular flexibility index (Phi) is 4.69. The molecule has 1 aliphatic heterocycles. The molecule has 24 heavy (non-hydrogen) atoms. The van der Waals surface area contributed by atoms with Crippen molar-refractivity contribution in [2.75, 3.05) is 11.5 Å². The summed E-state index contributed by atoms with van der Waals surface area (Å²) in [7, 11) is -2.95. The number of rotatable bonds is 5. The van der Waals surface area contributed by atoms with Crippen LogP contribution in [0.5, 0.6) is 0 Å². The van der Waals surface area contributed by atoms with Gasteiger partial charge >= 0.3 is 0 Å². The van der Waals surface area contributed by atoms with Crippen LogP contribution in [-0.4, -0.2) is 29.7 Å². The molecule has 0 bridgehead atoms. The van der Waals surface area contributed by atoms with Gasteiger partial charge in [0.05, 0.1) is 23.7 Å². The number of hydrogen-bond acceptors (Lipinski definition) is 4. The molecule has 1 aliphatic rings. The Bertz CT molecular complexity index is 836. The molecule has 0 radical (unpaired) electrons. The topological polar surface area (TPSA) is 64.0 Å². The maximum Gasteiger partial charge on any atom is 0.152 e. The molecule has 2 aromatic rings. The van der Waals surface area contributed by atoms with Gasteiger partial charge < -0.3 is 5.32 Å². The van der Waals surface area contributed by atoms with Crippen molar-refractivity contribution in [2.45, 2.75) is 32.0 Å². The summed E-state index contributed by atoms with van der Waals surface area (Å²) in [5.74, 6) is -0.858. The minimum atomic E-state index is -2.95. The highest BCUT2D eigenvalue weighted by molar-refractivity contribution is 7.91. The van der Waals surface area contributed by atoms with Gasteiger partial charge in [-0.1, -0.05) is 6.07 Å². The first kappa shape index (κ1) is 17.0. The molecule has 130 valence electrons. The van der Waals surface area contributed by atoms with Gasteiger partial charge in [-0.25, -0.2) is 17.2 Å². The van der Waals surface area contributed by atoms with Crippen molar-refractivity contribution < 1.29 is 17.2 Å². The smallest absolute Gasteiger partial charge is 0.152 e. The lowest BCUT2D eigenvalue weighted by Crippen LogP contribution is -2.19. The number of aromatic nitrogens is 2. The van der Waals surface area contributed by atoms with Crippen molar-refractivity contribution in [3.8, 4) is 0 Å². The summed E-state index contributed by atoms with van der Waals surface area (Å²) in [6.07, 6.45) is 4.06. The van der Waals surface area contributed by atoms with Gasteiger partial charge in [-0.3, -0.25) is 4.68 Å². The Morgan fingerprint density at radius 3 is 2.88 bits per heavy atom. The molecular weight excluding hydrogens is 336 g/mol. The summed E-state index contributed by atoms with van der Waals surface area (Å²) in [5.41, 5.74) is 1.28. The van der Waals surface area contributed by atoms with Gasteiger partial charge in [0.1, 0.15) is 11.6 Å². The molecule has 1 aromatic carbocycles. The fourth-order valence-corrected chi connectivity index (χ4v) is 4.59. The number of nitrogens with zero attached hydrogens (tertiary/aromatic N) is 2. The minimum Gasteiger partial charge on any atom is -0.306 e. The predicted molar refractivity (Wildman–Crippen MR) is 86.1 cm³/mol. The van der Waals surface area contributed by atoms with Crippen LogP contribution in [0.4, 0.5) is 8.78 Å². The summed E-state index contributed by atoms with van der Waals surface area (Å²) >= 11 is 0. The molecular formula is C16H19F2N3O2S. The van der Waals surface area contributed by atoms with E-state index >= 15 is 0 Å². The molecule has 3 rings (SSSR count). The van der Waals surface area contributed by atoms with Crippen molar-refractivity contribution in [1.29, 1.82) is 0 Å². The van der Waals surface area contributed by atoms with Crippen molar-refractivity contribution in [3.63, 3.8) is 0 Å². The first-order valence-corrected chi connectivity index (χ1v) is 9.58. The van der Waals surface area contributed by atoms with E-state index < -0.39 is 21.5 Å². The normalized spacial score (nSPS) is 21.0. The largest absolute Gasteiger partial charge is 0.306 e. The van der Waals surface area contributed by atoms with Crippen LogP contribution in [0.1, 0.15) is 36.6 Å². The van der Waals surface area contributed by atoms with E-state index in [-0.39, 0.29) is 23.6 Å². The SMILES string of the molecule is C[C@@H](NCc1cnn([C@@H]2CCS(=O)(=O)C2)c1)c1ccc(F)cc1F. The lowest BCUT2D eigenvalue weighted by atomic mass is 10.1. The average molecular weight is 355 g/mol. The minimum absolute atomic E-state index is 0.115. The molecule has 8 heteroatoms. The molecule has 0 aliphatic carbocycles. The molecule has 0 unspecified atom stereocenters. The van der Waals surface area contributed by atoms with E-state index in [0.29, 0.717) is 18.5 Å². The van der Waals surface area contributed by atoms with Gasteiger partial charge in [0.25, 0.3) is 0 Å². The molecule has 5 nitrogen and oxygen atoms in total. The van der Waals surface area contributed by atoms with E-state index in [1.54, 1.807) is 17.8 Å². The van der Waals surface area contributed by atoms with Crippen molar-refractivity contribution >= 4 is 9.84 Å². The number of nitrogens with one attached hydrogen (secondary N) is 1. The third kappa shape index (κ3) is 3.81. The summed E-state index contributed by atoms with van der Waals surface area (Å²) in [5, 5.41) is 7.39. The number of sulfone groups is 1. The van der Waals surface area contributed by atoms with Crippen LogP contribution < -0.4 is 5.32 Å². The lowest BCUT2D eigenvalue weighted by Gasteiger charge is -2.14. The van der Waals surface area contributed by atoms with Crippen molar-refractivity contribution in [2.24, 2.45) is 0 Å². The molecule has 0 amide bonds. The Morgan fingerprint density at radius 1 is 1.42 bits per heavy atom. The highest BCUT2D eigenvalue weighted by Crippen LogP contribution is 2.23. The Hall–Kier alpha value is -1.80. The molecule has 1 aromatic heterocycles. The zero-order chi connectivity index (χ0) is 17.3. The van der Waals surface area contributed by atoms with Gasteiger partial charge in [-0.15, -0.1) is 0 Å². The first-order valence-electron chi connectivity index (χ1n) is 7.76. The number of halogens is 2. The molecule has 1 saturated heterocycles. The number of benzene rings is 1. The fourth-order valence-electron chi connectivity index (χ4n) is 2.89. The predicted octanol–water partition coefficient (Wildman–Crippen LogP) is 2.37. The van der Waals surface area contributed by atoms with Gasteiger partial charge in [0.15, 0.2) is 9.84 Å². The summed E-state index contributed by atoms with van der Waals surface area (Å²) in [6.45, 7) is 2.25. The Balaban J connectivity index is 1.61. The van der Waals surface area contributed by atoms with Gasteiger partial charge in [-0.05, 0) is 19.4 Å². The zero-order valence-electron chi connectivity index (χ0n) is 13.2. The van der Waals surface area contributed by atoms with E-state index in [1.807, 2.05) is 6.20 Å². The van der Waals surface area contributed by atoms with Crippen LogP contribution in [0.15, 0.2) is 30.6 Å². The monoisotopic (exact) mass is 355 g/mol. The lowest BCUT2D eigenvalue weighted by molar-refractivity contribution is 0.497. The zero-order valence-corrected chi connectivity index (χ0v) is 14.1. The second-order valence-corrected chi connectivity index (χ2v) is 8.38. The van der Waals surface area contributed by atoms with Gasteiger partial charge in [0.2, 0.25) is 0 Å². The summed E-state index contributed by atoms with van der Waals surface area (Å²) in [6, 6.07) is 3.12. The van der Waals surface area contributed by atoms with Crippen LogP contribution in [-0.2, 0) is 16.4 Å². The molecule has 0 saturated carbocycles. The quantitative estimate of drug-likeness (QED) is 0.894. The average Bonchev–Trinajstić information content (AvgIpc) is 3.11. The van der Waals surface area contributed by atoms with Crippen LogP contribution in [0.25, 0.3) is 0 Å². The highest BCUT2D eigenvalue weighted by Gasteiger charge is 2.29. The van der Waals surface area contributed by atoms with Crippen LogP contribution in [0, 0.1) is 11.6 Å². The first-order chi connectivity index (χ1) is 11.3. The molecule has 2 heterocycles. The van der Waals surface area contributed by atoms with Crippen molar-refractivity contribution in [3.05, 3.63) is 53.4 Å². The van der Waals surface area contributed by atoms with E-state index in [0.717, 1.165) is 11.6 Å².